The maximum atomic E-state index is 12.0. The van der Waals surface area contributed by atoms with Crippen LogP contribution in [0.1, 0.15) is 17.3 Å². The molecule has 0 aliphatic carbocycles. The maximum Gasteiger partial charge on any atom is 0.334 e. The number of ketones is 1. The summed E-state index contributed by atoms with van der Waals surface area (Å²) < 4.78 is 0. The smallest absolute Gasteiger partial charge is 0.292 e. The number of hydrogen-bond acceptors (Lipinski definition) is 4. The predicted octanol–water partition coefficient (Wildman–Crippen LogP) is 1.33. The molecule has 0 bridgehead atoms. The summed E-state index contributed by atoms with van der Waals surface area (Å²) >= 11 is 5.71. The van der Waals surface area contributed by atoms with Crippen molar-refractivity contribution in [3.63, 3.8) is 0 Å². The lowest BCUT2D eigenvalue weighted by molar-refractivity contribution is -0.143. The fourth-order valence-corrected chi connectivity index (χ4v) is 1.97. The van der Waals surface area contributed by atoms with Gasteiger partial charge in [0.15, 0.2) is 5.78 Å². The van der Waals surface area contributed by atoms with Crippen LogP contribution in [0.2, 0.25) is 5.02 Å². The molecule has 0 saturated carbocycles. The summed E-state index contributed by atoms with van der Waals surface area (Å²) in [4.78, 5) is 48.4. The van der Waals surface area contributed by atoms with E-state index < -0.39 is 30.2 Å². The maximum absolute atomic E-state index is 12.0. The Morgan fingerprint density at radius 3 is 2.10 bits per heavy atom. The molecular weight excluding hydrogens is 284 g/mol. The van der Waals surface area contributed by atoms with Gasteiger partial charge in [0.25, 0.3) is 0 Å². The molecule has 0 N–H and O–H groups in total. The largest absolute Gasteiger partial charge is 0.334 e. The van der Waals surface area contributed by atoms with E-state index in [1.54, 1.807) is 6.92 Å². The molecular formula is C13H11ClN2O4. The van der Waals surface area contributed by atoms with Gasteiger partial charge in [-0.05, 0) is 31.2 Å². The van der Waals surface area contributed by atoms with Gasteiger partial charge in [-0.3, -0.25) is 19.3 Å². The van der Waals surface area contributed by atoms with Crippen molar-refractivity contribution in [2.75, 3.05) is 13.1 Å². The van der Waals surface area contributed by atoms with Gasteiger partial charge < -0.3 is 0 Å². The topological polar surface area (TPSA) is 74.8 Å². The fourth-order valence-electron chi connectivity index (χ4n) is 1.84. The van der Waals surface area contributed by atoms with Gasteiger partial charge >= 0.3 is 17.8 Å². The van der Waals surface area contributed by atoms with E-state index >= 15 is 0 Å². The first-order chi connectivity index (χ1) is 9.45. The monoisotopic (exact) mass is 294 g/mol. The van der Waals surface area contributed by atoms with Gasteiger partial charge in [-0.2, -0.15) is 0 Å². The number of carbonyl (C=O) groups is 4. The minimum Gasteiger partial charge on any atom is -0.292 e. The Kier molecular flexibility index (Phi) is 3.85. The third kappa shape index (κ3) is 2.42. The Morgan fingerprint density at radius 1 is 1.05 bits per heavy atom. The Balaban J connectivity index is 2.16. The first kappa shape index (κ1) is 14.2. The van der Waals surface area contributed by atoms with E-state index in [2.05, 4.69) is 0 Å². The third-order valence-electron chi connectivity index (χ3n) is 2.92. The lowest BCUT2D eigenvalue weighted by Crippen LogP contribution is -2.36. The lowest BCUT2D eigenvalue weighted by Gasteiger charge is -2.13. The van der Waals surface area contributed by atoms with Crippen LogP contribution in [0.5, 0.6) is 0 Å². The number of rotatable bonds is 4. The second-order valence-corrected chi connectivity index (χ2v) is 4.59. The summed E-state index contributed by atoms with van der Waals surface area (Å²) in [5.74, 6) is -2.31. The zero-order valence-corrected chi connectivity index (χ0v) is 11.4. The highest BCUT2D eigenvalue weighted by molar-refractivity contribution is 6.45. The number of hydrogen-bond donors (Lipinski definition) is 0. The number of imide groups is 2. The summed E-state index contributed by atoms with van der Waals surface area (Å²) in [6.07, 6.45) is 0. The van der Waals surface area contributed by atoms with E-state index in [0.29, 0.717) is 15.5 Å². The highest BCUT2D eigenvalue weighted by Gasteiger charge is 2.44. The molecule has 104 valence electrons. The summed E-state index contributed by atoms with van der Waals surface area (Å²) in [7, 11) is 0. The quantitative estimate of drug-likeness (QED) is 0.477. The normalized spacial score (nSPS) is 15.2. The zero-order valence-electron chi connectivity index (χ0n) is 10.6. The molecule has 2 rings (SSSR count). The molecule has 1 heterocycles. The van der Waals surface area contributed by atoms with Crippen molar-refractivity contribution >= 4 is 35.2 Å². The van der Waals surface area contributed by atoms with Crippen LogP contribution in [-0.4, -0.2) is 46.5 Å². The van der Waals surface area contributed by atoms with Crippen LogP contribution in [-0.2, 0) is 9.59 Å². The Labute approximate surface area is 119 Å². The van der Waals surface area contributed by atoms with Gasteiger partial charge in [0.1, 0.15) is 0 Å². The van der Waals surface area contributed by atoms with Gasteiger partial charge in [-0.25, -0.2) is 9.69 Å². The molecule has 20 heavy (non-hydrogen) atoms. The third-order valence-corrected chi connectivity index (χ3v) is 3.17. The Bertz CT molecular complexity index is 597. The number of Topliss-reactive ketones (excluding diaryl/α,β-unsaturated/α-hetero) is 1. The minimum absolute atomic E-state index is 0.0923. The number of halogens is 1. The van der Waals surface area contributed by atoms with Crippen molar-refractivity contribution in [2.24, 2.45) is 0 Å². The van der Waals surface area contributed by atoms with Crippen molar-refractivity contribution in [1.82, 2.24) is 9.80 Å². The zero-order chi connectivity index (χ0) is 14.9. The number of benzene rings is 1. The number of amides is 4. The molecule has 1 fully saturated rings. The second kappa shape index (κ2) is 5.42. The van der Waals surface area contributed by atoms with Gasteiger partial charge in [0.2, 0.25) is 0 Å². The van der Waals surface area contributed by atoms with Crippen LogP contribution >= 0.6 is 11.6 Å². The summed E-state index contributed by atoms with van der Waals surface area (Å²) in [5.41, 5.74) is 0.317. The molecule has 1 aromatic carbocycles. The summed E-state index contributed by atoms with van der Waals surface area (Å²) in [6, 6.07) is 5.30. The molecule has 1 saturated heterocycles. The van der Waals surface area contributed by atoms with Crippen molar-refractivity contribution < 1.29 is 19.2 Å². The summed E-state index contributed by atoms with van der Waals surface area (Å²) in [6.45, 7) is 1.21. The Morgan fingerprint density at radius 2 is 1.60 bits per heavy atom. The van der Waals surface area contributed by atoms with Crippen molar-refractivity contribution in [3.05, 3.63) is 34.9 Å². The van der Waals surface area contributed by atoms with Gasteiger partial charge in [0.05, 0.1) is 6.54 Å². The molecule has 7 heteroatoms. The van der Waals surface area contributed by atoms with Crippen molar-refractivity contribution in [2.45, 2.75) is 6.92 Å². The highest BCUT2D eigenvalue weighted by Crippen LogP contribution is 2.14. The second-order valence-electron chi connectivity index (χ2n) is 4.15. The number of carbonyl (C=O) groups excluding carboxylic acids is 4. The molecule has 1 aliphatic rings. The minimum atomic E-state index is -0.973. The molecule has 0 unspecified atom stereocenters. The van der Waals surface area contributed by atoms with Crippen LogP contribution in [0.3, 0.4) is 0 Å². The fraction of sp³-hybridized carbons (Fsp3) is 0.231. The molecule has 0 radical (unpaired) electrons. The lowest BCUT2D eigenvalue weighted by atomic mass is 10.1. The number of urea groups is 1. The molecule has 4 amide bonds. The standard InChI is InChI=1S/C13H11ClN2O4/c1-2-15-11(18)12(19)16(13(15)20)7-10(17)8-3-5-9(14)6-4-8/h3-6H,2,7H2,1H3. The van der Waals surface area contributed by atoms with E-state index in [1.165, 1.54) is 24.3 Å². The molecule has 6 nitrogen and oxygen atoms in total. The van der Waals surface area contributed by atoms with E-state index in [-0.39, 0.29) is 6.54 Å². The molecule has 1 aromatic rings. The van der Waals surface area contributed by atoms with Crippen molar-refractivity contribution in [3.8, 4) is 0 Å². The Hall–Kier alpha value is -2.21. The first-order valence-corrected chi connectivity index (χ1v) is 6.29. The molecule has 0 aromatic heterocycles. The van der Waals surface area contributed by atoms with Crippen LogP contribution in [0.15, 0.2) is 24.3 Å². The van der Waals surface area contributed by atoms with E-state index in [9.17, 15) is 19.2 Å². The highest BCUT2D eigenvalue weighted by atomic mass is 35.5. The van der Waals surface area contributed by atoms with Gasteiger partial charge in [-0.15, -0.1) is 0 Å². The summed E-state index contributed by atoms with van der Waals surface area (Å²) in [5, 5.41) is 0.474. The van der Waals surface area contributed by atoms with E-state index in [4.69, 9.17) is 11.6 Å². The van der Waals surface area contributed by atoms with Gasteiger partial charge in [-0.1, -0.05) is 11.6 Å². The van der Waals surface area contributed by atoms with Crippen molar-refractivity contribution in [1.29, 1.82) is 0 Å². The molecule has 0 atom stereocenters. The average molecular weight is 295 g/mol. The van der Waals surface area contributed by atoms with Crippen LogP contribution in [0.25, 0.3) is 0 Å². The average Bonchev–Trinajstić information content (AvgIpc) is 2.63. The number of likely N-dealkylation sites (N-methyl/N-ethyl adjacent to an activating group) is 1. The van der Waals surface area contributed by atoms with Crippen LogP contribution in [0, 0.1) is 0 Å². The van der Waals surface area contributed by atoms with Crippen LogP contribution < -0.4 is 0 Å². The molecule has 1 aliphatic heterocycles. The van der Waals surface area contributed by atoms with Crippen LogP contribution in [0.4, 0.5) is 4.79 Å². The predicted molar refractivity (Wildman–Crippen MR) is 70.3 cm³/mol. The van der Waals surface area contributed by atoms with Gasteiger partial charge in [0, 0.05) is 17.1 Å². The molecule has 0 spiro atoms. The van der Waals surface area contributed by atoms with E-state index in [0.717, 1.165) is 4.90 Å². The SMILES string of the molecule is CCN1C(=O)C(=O)N(CC(=O)c2ccc(Cl)cc2)C1=O. The number of nitrogens with zero attached hydrogens (tertiary/aromatic N) is 2. The van der Waals surface area contributed by atoms with E-state index in [1.807, 2.05) is 0 Å². The first-order valence-electron chi connectivity index (χ1n) is 5.91.